The number of aromatic nitrogens is 1. The van der Waals surface area contributed by atoms with Gasteiger partial charge in [-0.3, -0.25) is 14.9 Å². The normalized spacial score (nSPS) is 16.6. The number of hydrogen-bond acceptors (Lipinski definition) is 3. The van der Waals surface area contributed by atoms with Crippen molar-refractivity contribution in [1.82, 2.24) is 9.88 Å². The van der Waals surface area contributed by atoms with Gasteiger partial charge in [0.2, 0.25) is 0 Å². The first kappa shape index (κ1) is 17.0. The number of benzene rings is 1. The fourth-order valence-corrected chi connectivity index (χ4v) is 2.97. The van der Waals surface area contributed by atoms with Crippen LogP contribution in [0.15, 0.2) is 35.9 Å². The Morgan fingerprint density at radius 3 is 2.48 bits per heavy atom. The third kappa shape index (κ3) is 2.87. The van der Waals surface area contributed by atoms with Gasteiger partial charge >= 0.3 is 0 Å². The first-order chi connectivity index (χ1) is 11.8. The number of anilines is 1. The molecular weight excluding hydrogens is 341 g/mol. The van der Waals surface area contributed by atoms with Crippen LogP contribution in [-0.2, 0) is 16.6 Å². The maximum Gasteiger partial charge on any atom is 0.270 e. The minimum absolute atomic E-state index is 0.00404. The van der Waals surface area contributed by atoms with Gasteiger partial charge in [0.05, 0.1) is 5.69 Å². The highest BCUT2D eigenvalue weighted by molar-refractivity contribution is 7.80. The zero-order valence-electron chi connectivity index (χ0n) is 14.0. The number of rotatable bonds is 2. The third-order valence-corrected chi connectivity index (χ3v) is 4.59. The van der Waals surface area contributed by atoms with Crippen molar-refractivity contribution in [3.05, 3.63) is 58.7 Å². The monoisotopic (exact) mass is 357 g/mol. The molecule has 5 nitrogen and oxygen atoms in total. The van der Waals surface area contributed by atoms with E-state index in [4.69, 9.17) is 12.2 Å². The minimum Gasteiger partial charge on any atom is -0.352 e. The highest BCUT2D eigenvalue weighted by Crippen LogP contribution is 2.25. The Morgan fingerprint density at radius 2 is 1.88 bits per heavy atom. The number of nitrogens with one attached hydrogen (secondary N) is 1. The van der Waals surface area contributed by atoms with Crippen molar-refractivity contribution in [1.29, 1.82) is 0 Å². The standard InChI is InChI=1S/C18H16FN3O2S/c1-10-8-12(11(2)21(10)3)9-13-16(23)20-18(25)22(17(13)24)15-7-5-4-6-14(15)19/h4-9H,1-3H3,(H,20,23,25)/b13-9-. The van der Waals surface area contributed by atoms with Crippen molar-refractivity contribution in [2.75, 3.05) is 4.90 Å². The lowest BCUT2D eigenvalue weighted by Gasteiger charge is -2.29. The van der Waals surface area contributed by atoms with Crippen molar-refractivity contribution in [3.63, 3.8) is 0 Å². The van der Waals surface area contributed by atoms with Crippen LogP contribution in [0.1, 0.15) is 17.0 Å². The van der Waals surface area contributed by atoms with Gasteiger partial charge in [-0.1, -0.05) is 12.1 Å². The average Bonchev–Trinajstić information content (AvgIpc) is 2.80. The maximum absolute atomic E-state index is 14.1. The van der Waals surface area contributed by atoms with E-state index in [1.807, 2.05) is 31.5 Å². The molecule has 1 aliphatic rings. The molecule has 7 heteroatoms. The van der Waals surface area contributed by atoms with E-state index >= 15 is 0 Å². The zero-order valence-corrected chi connectivity index (χ0v) is 14.8. The van der Waals surface area contributed by atoms with E-state index in [-0.39, 0.29) is 16.4 Å². The first-order valence-corrected chi connectivity index (χ1v) is 8.01. The number of carbonyl (C=O) groups is 2. The molecule has 3 rings (SSSR count). The summed E-state index contributed by atoms with van der Waals surface area (Å²) >= 11 is 5.07. The molecule has 1 saturated heterocycles. The van der Waals surface area contributed by atoms with Crippen molar-refractivity contribution in [2.24, 2.45) is 7.05 Å². The number of amides is 2. The van der Waals surface area contributed by atoms with Crippen molar-refractivity contribution >= 4 is 40.9 Å². The van der Waals surface area contributed by atoms with Crippen LogP contribution >= 0.6 is 12.2 Å². The van der Waals surface area contributed by atoms with E-state index in [1.165, 1.54) is 24.3 Å². The van der Waals surface area contributed by atoms with Gasteiger partial charge in [0.25, 0.3) is 11.8 Å². The molecule has 0 saturated carbocycles. The second-order valence-corrected chi connectivity index (χ2v) is 6.18. The molecule has 1 aromatic heterocycles. The molecule has 128 valence electrons. The summed E-state index contributed by atoms with van der Waals surface area (Å²) < 4.78 is 16.1. The van der Waals surface area contributed by atoms with E-state index in [2.05, 4.69) is 5.32 Å². The first-order valence-electron chi connectivity index (χ1n) is 7.60. The smallest absolute Gasteiger partial charge is 0.270 e. The van der Waals surface area contributed by atoms with Crippen LogP contribution in [0.25, 0.3) is 6.08 Å². The van der Waals surface area contributed by atoms with Crippen molar-refractivity contribution in [3.8, 4) is 0 Å². The van der Waals surface area contributed by atoms with Gasteiger partial charge in [0.1, 0.15) is 11.4 Å². The Labute approximate surface area is 149 Å². The molecule has 1 aromatic carbocycles. The molecule has 1 aliphatic heterocycles. The number of aryl methyl sites for hydroxylation is 1. The molecule has 0 bridgehead atoms. The number of para-hydroxylation sites is 1. The summed E-state index contributed by atoms with van der Waals surface area (Å²) in [5, 5.41) is 2.31. The molecule has 1 N–H and O–H groups in total. The summed E-state index contributed by atoms with van der Waals surface area (Å²) in [7, 11) is 1.90. The highest BCUT2D eigenvalue weighted by atomic mass is 32.1. The van der Waals surface area contributed by atoms with Gasteiger partial charge in [-0.15, -0.1) is 0 Å². The van der Waals surface area contributed by atoms with Gasteiger partial charge in [0, 0.05) is 18.4 Å². The van der Waals surface area contributed by atoms with Crippen molar-refractivity contribution < 1.29 is 14.0 Å². The van der Waals surface area contributed by atoms with E-state index in [1.54, 1.807) is 6.07 Å². The topological polar surface area (TPSA) is 54.3 Å². The SMILES string of the molecule is Cc1cc(/C=C2/C(=O)NC(=S)N(c3ccccc3F)C2=O)c(C)n1C. The predicted octanol–water partition coefficient (Wildman–Crippen LogP) is 2.61. The molecule has 2 amide bonds. The molecular formula is C18H16FN3O2S. The summed E-state index contributed by atoms with van der Waals surface area (Å²) in [5.74, 6) is -1.84. The largest absolute Gasteiger partial charge is 0.352 e. The van der Waals surface area contributed by atoms with Gasteiger partial charge in [-0.05, 0) is 55.9 Å². The fourth-order valence-electron chi connectivity index (χ4n) is 2.70. The van der Waals surface area contributed by atoms with Crippen molar-refractivity contribution in [2.45, 2.75) is 13.8 Å². The van der Waals surface area contributed by atoms with Crippen LogP contribution < -0.4 is 10.2 Å². The number of nitrogens with zero attached hydrogens (tertiary/aromatic N) is 2. The highest BCUT2D eigenvalue weighted by Gasteiger charge is 2.35. The third-order valence-electron chi connectivity index (χ3n) is 4.31. The number of thiocarbonyl (C=S) groups is 1. The summed E-state index contributed by atoms with van der Waals surface area (Å²) in [6, 6.07) is 7.66. The molecule has 0 atom stereocenters. The van der Waals surface area contributed by atoms with Gasteiger partial charge in [0.15, 0.2) is 5.11 Å². The van der Waals surface area contributed by atoms with E-state index in [0.29, 0.717) is 0 Å². The Morgan fingerprint density at radius 1 is 1.20 bits per heavy atom. The lowest BCUT2D eigenvalue weighted by molar-refractivity contribution is -0.122. The van der Waals surface area contributed by atoms with Crippen LogP contribution in [0.2, 0.25) is 0 Å². The minimum atomic E-state index is -0.653. The van der Waals surface area contributed by atoms with Gasteiger partial charge < -0.3 is 4.57 Å². The maximum atomic E-state index is 14.1. The van der Waals surface area contributed by atoms with Crippen LogP contribution in [0, 0.1) is 19.7 Å². The number of carbonyl (C=O) groups excluding carboxylic acids is 2. The molecule has 25 heavy (non-hydrogen) atoms. The molecule has 1 fully saturated rings. The summed E-state index contributed by atoms with van der Waals surface area (Å²) in [4.78, 5) is 26.1. The Hall–Kier alpha value is -2.80. The lowest BCUT2D eigenvalue weighted by Crippen LogP contribution is -2.54. The Balaban J connectivity index is 2.08. The number of hydrogen-bond donors (Lipinski definition) is 1. The van der Waals surface area contributed by atoms with Crippen LogP contribution in [0.5, 0.6) is 0 Å². The molecule has 0 spiro atoms. The van der Waals surface area contributed by atoms with E-state index < -0.39 is 17.6 Å². The summed E-state index contributed by atoms with van der Waals surface area (Å²) in [6.45, 7) is 3.82. The number of halogens is 1. The second-order valence-electron chi connectivity index (χ2n) is 5.79. The van der Waals surface area contributed by atoms with Gasteiger partial charge in [-0.25, -0.2) is 9.29 Å². The fraction of sp³-hybridized carbons (Fsp3) is 0.167. The van der Waals surface area contributed by atoms with Crippen LogP contribution in [0.4, 0.5) is 10.1 Å². The molecule has 0 unspecified atom stereocenters. The molecule has 0 aliphatic carbocycles. The molecule has 2 aromatic rings. The zero-order chi connectivity index (χ0) is 18.3. The average molecular weight is 357 g/mol. The van der Waals surface area contributed by atoms with Gasteiger partial charge in [-0.2, -0.15) is 0 Å². The predicted molar refractivity (Wildman–Crippen MR) is 97.5 cm³/mol. The van der Waals surface area contributed by atoms with E-state index in [9.17, 15) is 14.0 Å². The van der Waals surface area contributed by atoms with Crippen LogP contribution in [0.3, 0.4) is 0 Å². The summed E-state index contributed by atoms with van der Waals surface area (Å²) in [6.07, 6.45) is 1.51. The Bertz CT molecular complexity index is 946. The lowest BCUT2D eigenvalue weighted by atomic mass is 10.1. The quantitative estimate of drug-likeness (QED) is 0.511. The molecule has 0 radical (unpaired) electrons. The summed E-state index contributed by atoms with van der Waals surface area (Å²) in [5.41, 5.74) is 2.57. The molecule has 2 heterocycles. The Kier molecular flexibility index (Phi) is 4.26. The van der Waals surface area contributed by atoms with Crippen LogP contribution in [-0.4, -0.2) is 21.5 Å². The second kappa shape index (κ2) is 6.25. The van der Waals surface area contributed by atoms with E-state index in [0.717, 1.165) is 21.9 Å².